The number of aromatic nitrogens is 3. The van der Waals surface area contributed by atoms with Gasteiger partial charge in [-0.05, 0) is 25.0 Å². The number of nitrogens with one attached hydrogen (secondary N) is 1. The normalized spacial score (nSPS) is 15.6. The molecular formula is C19H22N4OS. The zero-order valence-corrected chi connectivity index (χ0v) is 15.3. The van der Waals surface area contributed by atoms with Crippen molar-refractivity contribution in [1.82, 2.24) is 19.7 Å². The first-order valence-electron chi connectivity index (χ1n) is 8.63. The molecule has 0 atom stereocenters. The van der Waals surface area contributed by atoms with Gasteiger partial charge in [0.1, 0.15) is 0 Å². The van der Waals surface area contributed by atoms with Crippen LogP contribution < -0.4 is 5.56 Å². The largest absolute Gasteiger partial charge is 0.303 e. The molecule has 0 saturated carbocycles. The predicted molar refractivity (Wildman–Crippen MR) is 101 cm³/mol. The van der Waals surface area contributed by atoms with Crippen molar-refractivity contribution in [3.05, 3.63) is 63.7 Å². The molecule has 1 aliphatic rings. The van der Waals surface area contributed by atoms with E-state index in [4.69, 9.17) is 0 Å². The number of aromatic amines is 1. The van der Waals surface area contributed by atoms with E-state index >= 15 is 0 Å². The van der Waals surface area contributed by atoms with Gasteiger partial charge in [0.15, 0.2) is 0 Å². The van der Waals surface area contributed by atoms with Gasteiger partial charge in [0.25, 0.3) is 5.56 Å². The second kappa shape index (κ2) is 6.61. The maximum atomic E-state index is 11.6. The Hall–Kier alpha value is -2.18. The molecule has 130 valence electrons. The minimum absolute atomic E-state index is 0.00730. The zero-order valence-electron chi connectivity index (χ0n) is 14.5. The highest BCUT2D eigenvalue weighted by Crippen LogP contribution is 2.35. The molecule has 1 aliphatic heterocycles. The Bertz CT molecular complexity index is 900. The van der Waals surface area contributed by atoms with Crippen molar-refractivity contribution < 1.29 is 0 Å². The molecule has 1 aromatic carbocycles. The Morgan fingerprint density at radius 2 is 2.00 bits per heavy atom. The van der Waals surface area contributed by atoms with E-state index in [1.807, 2.05) is 6.20 Å². The lowest BCUT2D eigenvalue weighted by molar-refractivity contribution is 0.110. The molecule has 3 heterocycles. The van der Waals surface area contributed by atoms with Gasteiger partial charge in [0.05, 0.1) is 16.4 Å². The van der Waals surface area contributed by atoms with E-state index in [-0.39, 0.29) is 5.56 Å². The summed E-state index contributed by atoms with van der Waals surface area (Å²) in [6.07, 6.45) is 3.65. The van der Waals surface area contributed by atoms with Gasteiger partial charge in [0, 0.05) is 43.5 Å². The summed E-state index contributed by atoms with van der Waals surface area (Å²) in [5, 5.41) is 4.18. The van der Waals surface area contributed by atoms with Gasteiger partial charge in [-0.15, -0.1) is 11.3 Å². The van der Waals surface area contributed by atoms with Gasteiger partial charge >= 0.3 is 0 Å². The van der Waals surface area contributed by atoms with E-state index in [2.05, 4.69) is 53.1 Å². The summed E-state index contributed by atoms with van der Waals surface area (Å²) in [7, 11) is 0. The number of thiazole rings is 1. The fourth-order valence-electron chi connectivity index (χ4n) is 3.13. The number of rotatable bonds is 5. The first-order valence-corrected chi connectivity index (χ1v) is 9.45. The molecule has 5 nitrogen and oxygen atoms in total. The molecule has 1 fully saturated rings. The average Bonchev–Trinajstić information content (AvgIpc) is 3.17. The van der Waals surface area contributed by atoms with Crippen LogP contribution in [0.1, 0.15) is 30.3 Å². The number of nitrogens with zero attached hydrogens (tertiary/aromatic N) is 3. The lowest BCUT2D eigenvalue weighted by Gasteiger charge is -2.41. The van der Waals surface area contributed by atoms with Crippen LogP contribution in [0.25, 0.3) is 10.4 Å². The third-order valence-electron chi connectivity index (χ3n) is 4.81. The Kier molecular flexibility index (Phi) is 4.31. The monoisotopic (exact) mass is 354 g/mol. The summed E-state index contributed by atoms with van der Waals surface area (Å²) in [6, 6.07) is 10.5. The third kappa shape index (κ3) is 3.32. The second-order valence-electron chi connectivity index (χ2n) is 6.89. The summed E-state index contributed by atoms with van der Waals surface area (Å²) >= 11 is 1.80. The highest BCUT2D eigenvalue weighted by atomic mass is 32.1. The molecule has 1 N–H and O–H groups in total. The maximum Gasteiger partial charge on any atom is 0.266 e. The predicted octanol–water partition coefficient (Wildman–Crippen LogP) is 3.16. The molecule has 2 aromatic heterocycles. The Balaban J connectivity index is 1.44. The molecule has 0 spiro atoms. The lowest BCUT2D eigenvalue weighted by Crippen LogP contribution is -2.48. The molecule has 6 heteroatoms. The van der Waals surface area contributed by atoms with E-state index in [0.717, 1.165) is 18.7 Å². The van der Waals surface area contributed by atoms with Crippen LogP contribution in [0.3, 0.4) is 0 Å². The van der Waals surface area contributed by atoms with Crippen LogP contribution in [0.4, 0.5) is 0 Å². The number of H-pyrrole nitrogens is 1. The fraction of sp³-hybridized carbons (Fsp3) is 0.368. The molecule has 0 bridgehead atoms. The highest BCUT2D eigenvalue weighted by molar-refractivity contribution is 7.15. The van der Waals surface area contributed by atoms with Crippen LogP contribution >= 0.6 is 11.3 Å². The van der Waals surface area contributed by atoms with E-state index < -0.39 is 0 Å². The highest BCUT2D eigenvalue weighted by Gasteiger charge is 2.31. The van der Waals surface area contributed by atoms with Crippen LogP contribution in [-0.4, -0.2) is 38.8 Å². The molecule has 4 rings (SSSR count). The van der Waals surface area contributed by atoms with Crippen molar-refractivity contribution in [2.75, 3.05) is 13.1 Å². The summed E-state index contributed by atoms with van der Waals surface area (Å²) in [5.41, 5.74) is 2.28. The van der Waals surface area contributed by atoms with Crippen LogP contribution in [0.15, 0.2) is 47.5 Å². The van der Waals surface area contributed by atoms with Crippen LogP contribution in [0.2, 0.25) is 0 Å². The Morgan fingerprint density at radius 1 is 1.24 bits per heavy atom. The van der Waals surface area contributed by atoms with Gasteiger partial charge < -0.3 is 5.10 Å². The molecule has 0 aliphatic carbocycles. The van der Waals surface area contributed by atoms with Crippen molar-refractivity contribution in [3.63, 3.8) is 0 Å². The van der Waals surface area contributed by atoms with E-state index in [1.54, 1.807) is 22.2 Å². The van der Waals surface area contributed by atoms with Gasteiger partial charge in [0.2, 0.25) is 0 Å². The minimum atomic E-state index is -0.00730. The number of likely N-dealkylation sites (tertiary alicyclic amines) is 1. The first kappa shape index (κ1) is 16.3. The molecule has 0 radical (unpaired) electrons. The molecule has 0 amide bonds. The van der Waals surface area contributed by atoms with Crippen molar-refractivity contribution >= 4 is 11.3 Å². The third-order valence-corrected chi connectivity index (χ3v) is 6.02. The van der Waals surface area contributed by atoms with E-state index in [0.29, 0.717) is 18.5 Å². The van der Waals surface area contributed by atoms with Gasteiger partial charge in [-0.2, -0.15) is 0 Å². The number of hydrogen-bond acceptors (Lipinski definition) is 4. The zero-order chi connectivity index (χ0) is 17.4. The van der Waals surface area contributed by atoms with Gasteiger partial charge in [-0.25, -0.2) is 9.67 Å². The second-order valence-corrected chi connectivity index (χ2v) is 7.95. The van der Waals surface area contributed by atoms with Crippen molar-refractivity contribution in [1.29, 1.82) is 0 Å². The Morgan fingerprint density at radius 3 is 2.64 bits per heavy atom. The van der Waals surface area contributed by atoms with Crippen LogP contribution in [0.5, 0.6) is 0 Å². The maximum absolute atomic E-state index is 11.6. The van der Waals surface area contributed by atoms with Crippen molar-refractivity contribution in [2.24, 2.45) is 0 Å². The summed E-state index contributed by atoms with van der Waals surface area (Å²) in [5.74, 6) is 0.583. The van der Waals surface area contributed by atoms with E-state index in [1.165, 1.54) is 21.5 Å². The quantitative estimate of drug-likeness (QED) is 0.766. The first-order chi connectivity index (χ1) is 12.1. The average molecular weight is 354 g/mol. The lowest BCUT2D eigenvalue weighted by atomic mass is 9.99. The van der Waals surface area contributed by atoms with Crippen molar-refractivity contribution in [3.8, 4) is 10.4 Å². The smallest absolute Gasteiger partial charge is 0.266 e. The number of benzene rings is 1. The van der Waals surface area contributed by atoms with Crippen LogP contribution in [0, 0.1) is 0 Å². The summed E-state index contributed by atoms with van der Waals surface area (Å²) < 4.78 is 1.59. The molecular weight excluding hydrogens is 332 g/mol. The van der Waals surface area contributed by atoms with E-state index in [9.17, 15) is 4.79 Å². The summed E-state index contributed by atoms with van der Waals surface area (Å²) in [4.78, 5) is 19.9. The molecule has 3 aromatic rings. The SMILES string of the molecule is CC(C)N1CC(c2ncc(-c3ccc(Cn4[nH]ccc4=O)cc3)s2)C1. The fourth-order valence-corrected chi connectivity index (χ4v) is 4.14. The minimum Gasteiger partial charge on any atom is -0.303 e. The topological polar surface area (TPSA) is 53.9 Å². The molecule has 0 unspecified atom stereocenters. The van der Waals surface area contributed by atoms with Crippen molar-refractivity contribution in [2.45, 2.75) is 32.4 Å². The summed E-state index contributed by atoms with van der Waals surface area (Å²) in [6.45, 7) is 7.29. The van der Waals surface area contributed by atoms with Crippen LogP contribution in [-0.2, 0) is 6.54 Å². The standard InChI is InChI=1S/C19H22N4OS/c1-13(2)22-11-16(12-22)19-20-9-17(25-19)15-5-3-14(4-6-15)10-23-18(24)7-8-21-23/h3-9,13,16,21H,10-12H2,1-2H3. The molecule has 25 heavy (non-hydrogen) atoms. The molecule has 1 saturated heterocycles. The van der Waals surface area contributed by atoms with Gasteiger partial charge in [-0.1, -0.05) is 24.3 Å². The van der Waals surface area contributed by atoms with Gasteiger partial charge in [-0.3, -0.25) is 9.69 Å². The Labute approximate surface area is 150 Å². The number of hydrogen-bond donors (Lipinski definition) is 1.